The first-order valence-corrected chi connectivity index (χ1v) is 12.1. The molecule has 1 aliphatic rings. The summed E-state index contributed by atoms with van der Waals surface area (Å²) >= 11 is 7.04. The van der Waals surface area contributed by atoms with Gasteiger partial charge in [-0.05, 0) is 78.6 Å². The van der Waals surface area contributed by atoms with Crippen molar-refractivity contribution in [1.29, 1.82) is 0 Å². The first-order valence-electron chi connectivity index (χ1n) is 10.5. The van der Waals surface area contributed by atoms with Gasteiger partial charge in [0.1, 0.15) is 11.3 Å². The minimum absolute atomic E-state index is 0.125. The largest absolute Gasteiger partial charge is 0.494 e. The van der Waals surface area contributed by atoms with Gasteiger partial charge in [0, 0.05) is 8.95 Å². The van der Waals surface area contributed by atoms with Crippen LogP contribution >= 0.6 is 31.9 Å². The SMILES string of the molecule is CCOc1ccc(N2C(=O)NC(=O)/C(=C\c3cc(Br)ccc3Cc3ccccc3Br)C2=O)cc1. The molecule has 0 atom stereocenters. The maximum Gasteiger partial charge on any atom is 0.335 e. The summed E-state index contributed by atoms with van der Waals surface area (Å²) in [7, 11) is 0. The number of rotatable bonds is 6. The van der Waals surface area contributed by atoms with Gasteiger partial charge in [0.25, 0.3) is 11.8 Å². The topological polar surface area (TPSA) is 75.7 Å². The number of imide groups is 2. The third-order valence-corrected chi connectivity index (χ3v) is 6.52. The Balaban J connectivity index is 1.71. The van der Waals surface area contributed by atoms with Gasteiger partial charge in [-0.3, -0.25) is 14.9 Å². The summed E-state index contributed by atoms with van der Waals surface area (Å²) in [6.07, 6.45) is 2.12. The molecule has 0 saturated carbocycles. The van der Waals surface area contributed by atoms with Crippen LogP contribution in [0.1, 0.15) is 23.6 Å². The van der Waals surface area contributed by atoms with Crippen molar-refractivity contribution >= 4 is 61.5 Å². The number of hydrogen-bond donors (Lipinski definition) is 1. The highest BCUT2D eigenvalue weighted by atomic mass is 79.9. The molecule has 0 unspecified atom stereocenters. The van der Waals surface area contributed by atoms with Gasteiger partial charge in [-0.1, -0.05) is 56.1 Å². The van der Waals surface area contributed by atoms with E-state index in [1.807, 2.05) is 49.4 Å². The van der Waals surface area contributed by atoms with Crippen LogP contribution in [-0.4, -0.2) is 24.5 Å². The average molecular weight is 584 g/mol. The molecule has 0 radical (unpaired) electrons. The molecule has 1 N–H and O–H groups in total. The van der Waals surface area contributed by atoms with Crippen LogP contribution in [0, 0.1) is 0 Å². The van der Waals surface area contributed by atoms with Crippen molar-refractivity contribution in [3.8, 4) is 5.75 Å². The quantitative estimate of drug-likeness (QED) is 0.291. The normalized spacial score (nSPS) is 15.0. The molecule has 0 spiro atoms. The molecule has 1 heterocycles. The maximum absolute atomic E-state index is 13.3. The van der Waals surface area contributed by atoms with Gasteiger partial charge >= 0.3 is 6.03 Å². The smallest absolute Gasteiger partial charge is 0.335 e. The van der Waals surface area contributed by atoms with Gasteiger partial charge in [0.15, 0.2) is 0 Å². The van der Waals surface area contributed by atoms with E-state index >= 15 is 0 Å². The number of barbiturate groups is 1. The van der Waals surface area contributed by atoms with Crippen LogP contribution in [0.3, 0.4) is 0 Å². The van der Waals surface area contributed by atoms with Crippen LogP contribution in [0.25, 0.3) is 6.08 Å². The fraction of sp³-hybridized carbons (Fsp3) is 0.115. The molecule has 1 fully saturated rings. The van der Waals surface area contributed by atoms with E-state index in [1.54, 1.807) is 24.3 Å². The summed E-state index contributed by atoms with van der Waals surface area (Å²) in [6.45, 7) is 2.36. The Labute approximate surface area is 213 Å². The van der Waals surface area contributed by atoms with Gasteiger partial charge in [-0.25, -0.2) is 9.69 Å². The van der Waals surface area contributed by atoms with Crippen molar-refractivity contribution < 1.29 is 19.1 Å². The lowest BCUT2D eigenvalue weighted by atomic mass is 9.97. The van der Waals surface area contributed by atoms with E-state index in [0.717, 1.165) is 25.0 Å². The summed E-state index contributed by atoms with van der Waals surface area (Å²) in [5.41, 5.74) is 2.90. The van der Waals surface area contributed by atoms with Gasteiger partial charge < -0.3 is 4.74 Å². The van der Waals surface area contributed by atoms with Crippen molar-refractivity contribution in [3.05, 3.63) is 97.9 Å². The van der Waals surface area contributed by atoms with E-state index in [-0.39, 0.29) is 5.57 Å². The van der Waals surface area contributed by atoms with E-state index < -0.39 is 17.8 Å². The van der Waals surface area contributed by atoms with Crippen molar-refractivity contribution in [3.63, 3.8) is 0 Å². The number of carbonyl (C=O) groups excluding carboxylic acids is 3. The zero-order chi connectivity index (χ0) is 24.2. The van der Waals surface area contributed by atoms with Crippen LogP contribution in [0.15, 0.2) is 81.2 Å². The highest BCUT2D eigenvalue weighted by Crippen LogP contribution is 2.28. The zero-order valence-corrected chi connectivity index (χ0v) is 21.4. The Kier molecular flexibility index (Phi) is 7.29. The number of anilines is 1. The molecule has 3 aromatic rings. The average Bonchev–Trinajstić information content (AvgIpc) is 2.81. The van der Waals surface area contributed by atoms with Crippen LogP contribution in [-0.2, 0) is 16.0 Å². The van der Waals surface area contributed by atoms with Gasteiger partial charge in [-0.15, -0.1) is 0 Å². The lowest BCUT2D eigenvalue weighted by Crippen LogP contribution is -2.54. The molecule has 3 aromatic carbocycles. The Morgan fingerprint density at radius 1 is 0.941 bits per heavy atom. The number of carbonyl (C=O) groups is 3. The number of urea groups is 1. The summed E-state index contributed by atoms with van der Waals surface area (Å²) in [5, 5.41) is 2.27. The van der Waals surface area contributed by atoms with Crippen LogP contribution in [0.5, 0.6) is 5.75 Å². The highest BCUT2D eigenvalue weighted by molar-refractivity contribution is 9.10. The molecular weight excluding hydrogens is 564 g/mol. The number of hydrogen-bond acceptors (Lipinski definition) is 4. The summed E-state index contributed by atoms with van der Waals surface area (Å²) < 4.78 is 7.20. The molecule has 1 saturated heterocycles. The maximum atomic E-state index is 13.3. The van der Waals surface area contributed by atoms with E-state index in [9.17, 15) is 14.4 Å². The molecule has 172 valence electrons. The predicted octanol–water partition coefficient (Wildman–Crippen LogP) is 5.87. The molecule has 8 heteroatoms. The van der Waals surface area contributed by atoms with E-state index in [2.05, 4.69) is 37.2 Å². The Morgan fingerprint density at radius 2 is 1.68 bits per heavy atom. The predicted molar refractivity (Wildman–Crippen MR) is 138 cm³/mol. The summed E-state index contributed by atoms with van der Waals surface area (Å²) in [6, 6.07) is 19.3. The van der Waals surface area contributed by atoms with Gasteiger partial charge in [-0.2, -0.15) is 0 Å². The van der Waals surface area contributed by atoms with E-state index in [4.69, 9.17) is 4.74 Å². The van der Waals surface area contributed by atoms with Gasteiger partial charge in [0.05, 0.1) is 12.3 Å². The van der Waals surface area contributed by atoms with E-state index in [1.165, 1.54) is 6.08 Å². The van der Waals surface area contributed by atoms with Crippen molar-refractivity contribution in [2.45, 2.75) is 13.3 Å². The fourth-order valence-electron chi connectivity index (χ4n) is 3.61. The van der Waals surface area contributed by atoms with Gasteiger partial charge in [0.2, 0.25) is 0 Å². The summed E-state index contributed by atoms with van der Waals surface area (Å²) in [4.78, 5) is 39.4. The molecule has 0 bridgehead atoms. The Bertz CT molecular complexity index is 1300. The second kappa shape index (κ2) is 10.4. The minimum atomic E-state index is -0.793. The van der Waals surface area contributed by atoms with E-state index in [0.29, 0.717) is 30.0 Å². The van der Waals surface area contributed by atoms with Crippen molar-refractivity contribution in [2.75, 3.05) is 11.5 Å². The fourth-order valence-corrected chi connectivity index (χ4v) is 4.42. The van der Waals surface area contributed by atoms with Crippen LogP contribution in [0.2, 0.25) is 0 Å². The monoisotopic (exact) mass is 582 g/mol. The molecule has 34 heavy (non-hydrogen) atoms. The molecular formula is C26H20Br2N2O4. The number of nitrogens with zero attached hydrogens (tertiary/aromatic N) is 1. The second-order valence-electron chi connectivity index (χ2n) is 7.50. The van der Waals surface area contributed by atoms with Crippen molar-refractivity contribution in [2.24, 2.45) is 0 Å². The number of halogens is 2. The van der Waals surface area contributed by atoms with Crippen LogP contribution < -0.4 is 15.0 Å². The molecule has 6 nitrogen and oxygen atoms in total. The number of ether oxygens (including phenoxy) is 1. The molecule has 4 amide bonds. The zero-order valence-electron chi connectivity index (χ0n) is 18.2. The Hall–Kier alpha value is -3.23. The molecule has 1 aliphatic heterocycles. The number of nitrogens with one attached hydrogen (secondary N) is 1. The lowest BCUT2D eigenvalue weighted by molar-refractivity contribution is -0.122. The third-order valence-electron chi connectivity index (χ3n) is 5.25. The second-order valence-corrected chi connectivity index (χ2v) is 9.27. The molecule has 4 rings (SSSR count). The number of amides is 4. The van der Waals surface area contributed by atoms with Crippen LogP contribution in [0.4, 0.5) is 10.5 Å². The first-order chi connectivity index (χ1) is 16.4. The van der Waals surface area contributed by atoms with Crippen molar-refractivity contribution in [1.82, 2.24) is 5.32 Å². The lowest BCUT2D eigenvalue weighted by Gasteiger charge is -2.26. The first kappa shape index (κ1) is 23.9. The Morgan fingerprint density at radius 3 is 2.38 bits per heavy atom. The standard InChI is InChI=1S/C26H20Br2N2O4/c1-2-34-21-11-9-20(10-12-21)30-25(32)22(24(31)29-26(30)33)15-18-14-19(27)8-7-16(18)13-17-5-3-4-6-23(17)28/h3-12,14-15H,2,13H2,1H3,(H,29,31,33)/b22-15+. The summed E-state index contributed by atoms with van der Waals surface area (Å²) in [5.74, 6) is -0.803. The third kappa shape index (κ3) is 5.13. The highest BCUT2D eigenvalue weighted by Gasteiger charge is 2.37. The number of benzene rings is 3. The minimum Gasteiger partial charge on any atom is -0.494 e. The molecule has 0 aliphatic carbocycles. The molecule has 0 aromatic heterocycles.